The quantitative estimate of drug-likeness (QED) is 0.331. The second kappa shape index (κ2) is 12.0. The van der Waals surface area contributed by atoms with Crippen LogP contribution >= 0.6 is 0 Å². The number of aryl methyl sites for hydroxylation is 1. The number of carboxylic acids is 2. The number of carbonyl (C=O) groups excluding carboxylic acids is 2. The first kappa shape index (κ1) is 21.5. The molecule has 0 saturated heterocycles. The van der Waals surface area contributed by atoms with Crippen molar-refractivity contribution in [2.45, 2.75) is 45.4 Å². The molecule has 22 heavy (non-hydrogen) atoms. The Morgan fingerprint density at radius 2 is 1.77 bits per heavy atom. The van der Waals surface area contributed by atoms with E-state index in [1.807, 2.05) is 6.07 Å². The van der Waals surface area contributed by atoms with E-state index < -0.39 is 11.9 Å². The Balaban J connectivity index is 0.00000441. The monoisotopic (exact) mass is 426 g/mol. The standard InChI is InChI=1S/C17H22O4.Ba/c1-2-3-4-5-6-8-13-9-7-10-14(11-13)15(17(20)21)12-16(18)19;/h7,9-12H,2-6,8H2,1H3,(H,18,19)(H,20,21);/q;+2/p-2/b15-12-;. The van der Waals surface area contributed by atoms with Crippen LogP contribution in [0.5, 0.6) is 0 Å². The minimum Gasteiger partial charge on any atom is -0.545 e. The van der Waals surface area contributed by atoms with Gasteiger partial charge in [-0.1, -0.05) is 56.9 Å². The van der Waals surface area contributed by atoms with Crippen LogP contribution < -0.4 is 10.2 Å². The van der Waals surface area contributed by atoms with Gasteiger partial charge in [-0.2, -0.15) is 0 Å². The maximum Gasteiger partial charge on any atom is 2.00 e. The number of carboxylic acid groups (broad SMARTS) is 2. The molecule has 0 bridgehead atoms. The molecule has 1 rings (SSSR count). The molecule has 5 heteroatoms. The van der Waals surface area contributed by atoms with Crippen LogP contribution in [-0.2, 0) is 16.0 Å². The first-order valence-electron chi connectivity index (χ1n) is 7.28. The van der Waals surface area contributed by atoms with E-state index in [4.69, 9.17) is 0 Å². The summed E-state index contributed by atoms with van der Waals surface area (Å²) in [6, 6.07) is 6.90. The van der Waals surface area contributed by atoms with Crippen molar-refractivity contribution in [3.63, 3.8) is 0 Å². The van der Waals surface area contributed by atoms with E-state index in [9.17, 15) is 19.8 Å². The minimum absolute atomic E-state index is 0. The SMILES string of the molecule is CCCCCCCc1cccc(/C(=C/C(=O)[O-])C(=O)[O-])c1.[Ba+2]. The molecule has 0 saturated carbocycles. The third-order valence-electron chi connectivity index (χ3n) is 3.29. The van der Waals surface area contributed by atoms with E-state index >= 15 is 0 Å². The smallest absolute Gasteiger partial charge is 0.545 e. The summed E-state index contributed by atoms with van der Waals surface area (Å²) in [4.78, 5) is 21.6. The summed E-state index contributed by atoms with van der Waals surface area (Å²) in [5.74, 6) is -3.06. The molecule has 0 unspecified atom stereocenters. The van der Waals surface area contributed by atoms with Crippen molar-refractivity contribution >= 4 is 66.4 Å². The van der Waals surface area contributed by atoms with Crippen molar-refractivity contribution in [2.24, 2.45) is 0 Å². The van der Waals surface area contributed by atoms with E-state index in [0.29, 0.717) is 11.6 Å². The van der Waals surface area contributed by atoms with Gasteiger partial charge in [-0.3, -0.25) is 0 Å². The molecule has 0 aliphatic carbocycles. The van der Waals surface area contributed by atoms with E-state index in [2.05, 4.69) is 6.92 Å². The van der Waals surface area contributed by atoms with Crippen LogP contribution in [0.1, 0.15) is 50.2 Å². The van der Waals surface area contributed by atoms with E-state index in [1.165, 1.54) is 19.3 Å². The van der Waals surface area contributed by atoms with Gasteiger partial charge in [0.2, 0.25) is 0 Å². The number of hydrogen-bond acceptors (Lipinski definition) is 4. The molecule has 1 aromatic carbocycles. The second-order valence-electron chi connectivity index (χ2n) is 5.03. The van der Waals surface area contributed by atoms with Gasteiger partial charge in [-0.15, -0.1) is 0 Å². The molecule has 0 aliphatic heterocycles. The fourth-order valence-corrected chi connectivity index (χ4v) is 2.21. The van der Waals surface area contributed by atoms with Crippen LogP contribution in [0, 0.1) is 0 Å². The van der Waals surface area contributed by atoms with Crippen molar-refractivity contribution in [1.82, 2.24) is 0 Å². The van der Waals surface area contributed by atoms with Gasteiger partial charge < -0.3 is 19.8 Å². The molecule has 0 heterocycles. The Bertz CT molecular complexity index is 523. The molecule has 1 aromatic rings. The molecule has 0 amide bonds. The van der Waals surface area contributed by atoms with Crippen molar-refractivity contribution in [2.75, 3.05) is 0 Å². The number of hydrogen-bond donors (Lipinski definition) is 0. The van der Waals surface area contributed by atoms with Gasteiger partial charge in [0, 0.05) is 5.57 Å². The number of rotatable bonds is 9. The average Bonchev–Trinajstić information content (AvgIpc) is 2.44. The number of unbranched alkanes of at least 4 members (excludes halogenated alkanes) is 4. The normalized spacial score (nSPS) is 10.9. The molecule has 4 nitrogen and oxygen atoms in total. The fraction of sp³-hybridized carbons (Fsp3) is 0.412. The Morgan fingerprint density at radius 3 is 2.36 bits per heavy atom. The molecular weight excluding hydrogens is 406 g/mol. The van der Waals surface area contributed by atoms with E-state index in [0.717, 1.165) is 24.8 Å². The van der Waals surface area contributed by atoms with Crippen molar-refractivity contribution in [3.05, 3.63) is 41.5 Å². The van der Waals surface area contributed by atoms with Gasteiger partial charge >= 0.3 is 48.9 Å². The summed E-state index contributed by atoms with van der Waals surface area (Å²) in [5, 5.41) is 21.6. The molecule has 0 spiro atoms. The molecule has 0 radical (unpaired) electrons. The predicted molar refractivity (Wildman–Crippen MR) is 82.7 cm³/mol. The Morgan fingerprint density at radius 1 is 1.09 bits per heavy atom. The Labute approximate surface area is 171 Å². The molecule has 0 aromatic heterocycles. The van der Waals surface area contributed by atoms with Crippen LogP contribution in [0.15, 0.2) is 30.3 Å². The van der Waals surface area contributed by atoms with Crippen LogP contribution in [0.3, 0.4) is 0 Å². The van der Waals surface area contributed by atoms with Gasteiger partial charge in [0.05, 0.1) is 11.9 Å². The fourth-order valence-electron chi connectivity index (χ4n) is 2.21. The van der Waals surface area contributed by atoms with Crippen molar-refractivity contribution in [3.8, 4) is 0 Å². The zero-order valence-corrected chi connectivity index (χ0v) is 17.4. The molecule has 0 N–H and O–H groups in total. The largest absolute Gasteiger partial charge is 2.00 e. The number of benzene rings is 1. The summed E-state index contributed by atoms with van der Waals surface area (Å²) in [5.41, 5.74) is 0.975. The van der Waals surface area contributed by atoms with Gasteiger partial charge in [0.15, 0.2) is 0 Å². The van der Waals surface area contributed by atoms with Crippen LogP contribution in [0.2, 0.25) is 0 Å². The average molecular weight is 426 g/mol. The molecule has 114 valence electrons. The molecular formula is C17H20BaO4. The Hall–Kier alpha value is -0.529. The summed E-state index contributed by atoms with van der Waals surface area (Å²) >= 11 is 0. The van der Waals surface area contributed by atoms with E-state index in [-0.39, 0.29) is 54.5 Å². The third-order valence-corrected chi connectivity index (χ3v) is 3.29. The van der Waals surface area contributed by atoms with Gasteiger partial charge in [-0.05, 0) is 30.0 Å². The maximum atomic E-state index is 11.0. The zero-order valence-electron chi connectivity index (χ0n) is 13.0. The van der Waals surface area contributed by atoms with Gasteiger partial charge in [0.25, 0.3) is 0 Å². The summed E-state index contributed by atoms with van der Waals surface area (Å²) in [6.07, 6.45) is 7.21. The molecule has 0 atom stereocenters. The third kappa shape index (κ3) is 8.20. The van der Waals surface area contributed by atoms with Crippen molar-refractivity contribution < 1.29 is 19.8 Å². The predicted octanol–water partition coefficient (Wildman–Crippen LogP) is 0.702. The summed E-state index contributed by atoms with van der Waals surface area (Å²) in [7, 11) is 0. The van der Waals surface area contributed by atoms with Gasteiger partial charge in [-0.25, -0.2) is 0 Å². The maximum absolute atomic E-state index is 11.0. The van der Waals surface area contributed by atoms with Gasteiger partial charge in [0.1, 0.15) is 0 Å². The Kier molecular flexibility index (Phi) is 11.7. The topological polar surface area (TPSA) is 80.3 Å². The number of carbonyl (C=O) groups is 2. The first-order valence-corrected chi connectivity index (χ1v) is 7.28. The minimum atomic E-state index is -1.54. The molecule has 0 fully saturated rings. The summed E-state index contributed by atoms with van der Waals surface area (Å²) in [6.45, 7) is 2.16. The summed E-state index contributed by atoms with van der Waals surface area (Å²) < 4.78 is 0. The second-order valence-corrected chi connectivity index (χ2v) is 5.03. The number of aliphatic carboxylic acids is 2. The first-order chi connectivity index (χ1) is 10.0. The van der Waals surface area contributed by atoms with Crippen molar-refractivity contribution in [1.29, 1.82) is 0 Å². The van der Waals surface area contributed by atoms with Crippen LogP contribution in [-0.4, -0.2) is 60.8 Å². The van der Waals surface area contributed by atoms with Crippen LogP contribution in [0.4, 0.5) is 0 Å². The van der Waals surface area contributed by atoms with Crippen LogP contribution in [0.25, 0.3) is 5.57 Å². The van der Waals surface area contributed by atoms with E-state index in [1.54, 1.807) is 18.2 Å². The molecule has 0 aliphatic rings. The zero-order chi connectivity index (χ0) is 15.7.